The molecule has 2 heterocycles. The summed E-state index contributed by atoms with van der Waals surface area (Å²) < 4.78 is 5.33. The van der Waals surface area contributed by atoms with Gasteiger partial charge in [0.1, 0.15) is 11.6 Å². The number of nitrogens with zero attached hydrogens (tertiary/aromatic N) is 3. The average molecular weight is 340 g/mol. The maximum Gasteiger partial charge on any atom is 0.237 e. The molecule has 3 rings (SSSR count). The number of hydrogen-bond acceptors (Lipinski definition) is 5. The summed E-state index contributed by atoms with van der Waals surface area (Å²) in [6, 6.07) is 7.51. The minimum Gasteiger partial charge on any atom is -0.496 e. The normalized spacial score (nSPS) is 15.3. The molecule has 1 aliphatic rings. The van der Waals surface area contributed by atoms with E-state index in [1.165, 1.54) is 5.56 Å². The van der Waals surface area contributed by atoms with Crippen LogP contribution < -0.4 is 10.1 Å². The van der Waals surface area contributed by atoms with Gasteiger partial charge in [0.15, 0.2) is 0 Å². The van der Waals surface area contributed by atoms with Crippen LogP contribution in [0.2, 0.25) is 0 Å². The minimum atomic E-state index is -0.210. The van der Waals surface area contributed by atoms with Crippen molar-refractivity contribution in [1.29, 1.82) is 0 Å². The number of carbonyl (C=O) groups is 1. The summed E-state index contributed by atoms with van der Waals surface area (Å²) in [7, 11) is 1.64. The van der Waals surface area contributed by atoms with Crippen LogP contribution in [-0.4, -0.2) is 40.5 Å². The Morgan fingerprint density at radius 3 is 3.00 bits per heavy atom. The highest BCUT2D eigenvalue weighted by Gasteiger charge is 2.26. The number of ether oxygens (including phenoxy) is 1. The Balaban J connectivity index is 1.61. The van der Waals surface area contributed by atoms with Gasteiger partial charge in [0, 0.05) is 31.4 Å². The summed E-state index contributed by atoms with van der Waals surface area (Å²) in [5.41, 5.74) is 3.18. The largest absolute Gasteiger partial charge is 0.496 e. The molecule has 0 radical (unpaired) electrons. The van der Waals surface area contributed by atoms with Crippen molar-refractivity contribution in [2.75, 3.05) is 13.7 Å². The predicted octanol–water partition coefficient (Wildman–Crippen LogP) is 1.86. The number of methoxy groups -OCH3 is 1. The third-order valence-electron chi connectivity index (χ3n) is 4.67. The third kappa shape index (κ3) is 3.96. The van der Waals surface area contributed by atoms with Crippen molar-refractivity contribution in [3.63, 3.8) is 0 Å². The maximum atomic E-state index is 12.6. The van der Waals surface area contributed by atoms with Gasteiger partial charge in [-0.05, 0) is 31.9 Å². The van der Waals surface area contributed by atoms with Crippen LogP contribution in [0, 0.1) is 6.92 Å². The van der Waals surface area contributed by atoms with Crippen LogP contribution in [0.4, 0.5) is 0 Å². The SMILES string of the molecule is COc1ccccc1CNC(=O)[C@@H](C)N1CCc2cnc(C)nc2C1. The number of fused-ring (bicyclic) bond motifs is 1. The number of aryl methyl sites for hydroxylation is 1. The number of amides is 1. The molecule has 1 aliphatic heterocycles. The Morgan fingerprint density at radius 2 is 2.20 bits per heavy atom. The topological polar surface area (TPSA) is 67.3 Å². The fraction of sp³-hybridized carbons (Fsp3) is 0.421. The Hall–Kier alpha value is -2.47. The molecular weight excluding hydrogens is 316 g/mol. The molecule has 1 amide bonds. The third-order valence-corrected chi connectivity index (χ3v) is 4.67. The van der Waals surface area contributed by atoms with Crippen molar-refractivity contribution in [3.8, 4) is 5.75 Å². The molecule has 0 unspecified atom stereocenters. The first kappa shape index (κ1) is 17.4. The summed E-state index contributed by atoms with van der Waals surface area (Å²) in [5, 5.41) is 3.01. The minimum absolute atomic E-state index is 0.0140. The Labute approximate surface area is 148 Å². The lowest BCUT2D eigenvalue weighted by atomic mass is 10.0. The molecule has 1 aromatic carbocycles. The number of hydrogen-bond donors (Lipinski definition) is 1. The molecule has 0 fully saturated rings. The molecule has 0 saturated heterocycles. The molecule has 0 aliphatic carbocycles. The number of aromatic nitrogens is 2. The molecule has 0 saturated carbocycles. The van der Waals surface area contributed by atoms with Crippen molar-refractivity contribution < 1.29 is 9.53 Å². The lowest BCUT2D eigenvalue weighted by Gasteiger charge is -2.32. The summed E-state index contributed by atoms with van der Waals surface area (Å²) in [5.74, 6) is 1.57. The van der Waals surface area contributed by atoms with Gasteiger partial charge in [-0.1, -0.05) is 18.2 Å². The van der Waals surface area contributed by atoms with Gasteiger partial charge in [0.2, 0.25) is 5.91 Å². The first-order valence-electron chi connectivity index (χ1n) is 8.53. The molecule has 132 valence electrons. The second-order valence-electron chi connectivity index (χ2n) is 6.32. The van der Waals surface area contributed by atoms with Gasteiger partial charge in [-0.3, -0.25) is 9.69 Å². The highest BCUT2D eigenvalue weighted by Crippen LogP contribution is 2.19. The van der Waals surface area contributed by atoms with Gasteiger partial charge in [-0.25, -0.2) is 9.97 Å². The van der Waals surface area contributed by atoms with E-state index in [1.54, 1.807) is 7.11 Å². The smallest absolute Gasteiger partial charge is 0.237 e. The van der Waals surface area contributed by atoms with Gasteiger partial charge in [-0.2, -0.15) is 0 Å². The second-order valence-corrected chi connectivity index (χ2v) is 6.32. The average Bonchev–Trinajstić information content (AvgIpc) is 2.65. The monoisotopic (exact) mass is 340 g/mol. The zero-order chi connectivity index (χ0) is 17.8. The van der Waals surface area contributed by atoms with E-state index in [-0.39, 0.29) is 11.9 Å². The van der Waals surface area contributed by atoms with Gasteiger partial charge in [-0.15, -0.1) is 0 Å². The molecule has 1 atom stereocenters. The van der Waals surface area contributed by atoms with E-state index >= 15 is 0 Å². The quantitative estimate of drug-likeness (QED) is 0.900. The van der Waals surface area contributed by atoms with E-state index in [9.17, 15) is 4.79 Å². The highest BCUT2D eigenvalue weighted by atomic mass is 16.5. The van der Waals surface area contributed by atoms with Gasteiger partial charge < -0.3 is 10.1 Å². The molecule has 6 heteroatoms. The summed E-state index contributed by atoms with van der Waals surface area (Å²) in [6.45, 7) is 5.81. The van der Waals surface area contributed by atoms with E-state index in [4.69, 9.17) is 4.74 Å². The first-order chi connectivity index (χ1) is 12.1. The van der Waals surface area contributed by atoms with E-state index in [0.29, 0.717) is 13.1 Å². The van der Waals surface area contributed by atoms with Gasteiger partial charge in [0.05, 0.1) is 18.8 Å². The summed E-state index contributed by atoms with van der Waals surface area (Å²) in [4.78, 5) is 23.5. The van der Waals surface area contributed by atoms with Crippen molar-refractivity contribution in [2.45, 2.75) is 39.4 Å². The number of nitrogens with one attached hydrogen (secondary N) is 1. The lowest BCUT2D eigenvalue weighted by Crippen LogP contribution is -2.47. The Bertz CT molecular complexity index is 763. The lowest BCUT2D eigenvalue weighted by molar-refractivity contribution is -0.126. The number of para-hydroxylation sites is 1. The predicted molar refractivity (Wildman–Crippen MR) is 95.2 cm³/mol. The standard InChI is InChI=1S/C19H24N4O2/c1-13(19(24)21-11-16-6-4-5-7-18(16)25-3)23-9-8-15-10-20-14(2)22-17(15)12-23/h4-7,10,13H,8-9,11-12H2,1-3H3,(H,21,24)/t13-/m1/s1. The number of rotatable bonds is 5. The van der Waals surface area contributed by atoms with E-state index in [0.717, 1.165) is 35.8 Å². The number of carbonyl (C=O) groups excluding carboxylic acids is 1. The Morgan fingerprint density at radius 1 is 1.40 bits per heavy atom. The van der Waals surface area contributed by atoms with Crippen LogP contribution in [0.25, 0.3) is 0 Å². The highest BCUT2D eigenvalue weighted by molar-refractivity contribution is 5.81. The molecule has 6 nitrogen and oxygen atoms in total. The molecule has 1 N–H and O–H groups in total. The fourth-order valence-corrected chi connectivity index (χ4v) is 3.10. The van der Waals surface area contributed by atoms with Crippen LogP contribution in [0.1, 0.15) is 29.6 Å². The zero-order valence-electron chi connectivity index (χ0n) is 15.0. The van der Waals surface area contributed by atoms with Crippen molar-refractivity contribution in [2.24, 2.45) is 0 Å². The van der Waals surface area contributed by atoms with E-state index in [2.05, 4.69) is 20.2 Å². The van der Waals surface area contributed by atoms with E-state index < -0.39 is 0 Å². The van der Waals surface area contributed by atoms with Crippen molar-refractivity contribution >= 4 is 5.91 Å². The van der Waals surface area contributed by atoms with Crippen LogP contribution in [-0.2, 0) is 24.3 Å². The van der Waals surface area contributed by atoms with Gasteiger partial charge in [0.25, 0.3) is 0 Å². The van der Waals surface area contributed by atoms with Crippen molar-refractivity contribution in [1.82, 2.24) is 20.2 Å². The number of benzene rings is 1. The summed E-state index contributed by atoms with van der Waals surface area (Å²) >= 11 is 0. The zero-order valence-corrected chi connectivity index (χ0v) is 15.0. The molecule has 1 aromatic heterocycles. The summed E-state index contributed by atoms with van der Waals surface area (Å²) in [6.07, 6.45) is 2.78. The Kier molecular flexibility index (Phi) is 5.28. The molecule has 0 bridgehead atoms. The maximum absolute atomic E-state index is 12.6. The van der Waals surface area contributed by atoms with Gasteiger partial charge >= 0.3 is 0 Å². The molecular formula is C19H24N4O2. The fourth-order valence-electron chi connectivity index (χ4n) is 3.10. The van der Waals surface area contributed by atoms with Crippen LogP contribution in [0.3, 0.4) is 0 Å². The van der Waals surface area contributed by atoms with Crippen LogP contribution >= 0.6 is 0 Å². The van der Waals surface area contributed by atoms with E-state index in [1.807, 2.05) is 44.3 Å². The first-order valence-corrected chi connectivity index (χ1v) is 8.53. The van der Waals surface area contributed by atoms with Crippen LogP contribution in [0.5, 0.6) is 5.75 Å². The molecule has 25 heavy (non-hydrogen) atoms. The second kappa shape index (κ2) is 7.61. The molecule has 2 aromatic rings. The van der Waals surface area contributed by atoms with Crippen LogP contribution in [0.15, 0.2) is 30.5 Å². The van der Waals surface area contributed by atoms with Crippen molar-refractivity contribution in [3.05, 3.63) is 53.1 Å². The molecule has 0 spiro atoms.